The normalized spacial score (nSPS) is 12.5. The first-order chi connectivity index (χ1) is 11.3. The molecule has 0 atom stereocenters. The molecule has 0 aromatic heterocycles. The number of aromatic hydroxyl groups is 1. The minimum absolute atomic E-state index is 0.329. The van der Waals surface area contributed by atoms with Gasteiger partial charge in [-0.2, -0.15) is 0 Å². The number of hydrogen-bond donors (Lipinski definition) is 1. The highest BCUT2D eigenvalue weighted by Crippen LogP contribution is 2.45. The molecule has 0 aliphatic rings. The largest absolute Gasteiger partial charge is 0.508 e. The van der Waals surface area contributed by atoms with Gasteiger partial charge in [-0.1, -0.05) is 54.6 Å². The summed E-state index contributed by atoms with van der Waals surface area (Å²) in [5, 5.41) is 22.7. The quantitative estimate of drug-likeness (QED) is 0.267. The molecule has 0 spiro atoms. The van der Waals surface area contributed by atoms with Crippen LogP contribution in [0.5, 0.6) is 5.75 Å². The lowest BCUT2D eigenvalue weighted by atomic mass is 9.86. The van der Waals surface area contributed by atoms with Gasteiger partial charge >= 0.3 is 0 Å². The van der Waals surface area contributed by atoms with Gasteiger partial charge in [-0.25, -0.2) is 0 Å². The van der Waals surface area contributed by atoms with E-state index in [9.17, 15) is 5.11 Å². The Bertz CT molecular complexity index is 1360. The lowest BCUT2D eigenvalue weighted by molar-refractivity contribution is 0.477. The van der Waals surface area contributed by atoms with Crippen molar-refractivity contribution in [3.8, 4) is 5.75 Å². The molecule has 0 saturated carbocycles. The predicted octanol–water partition coefficient (Wildman–Crippen LogP) is 6.03. The Morgan fingerprint density at radius 1 is 0.478 bits per heavy atom. The molecular formula is C22H12O. The Hall–Kier alpha value is -3.06. The van der Waals surface area contributed by atoms with Crippen LogP contribution in [0.3, 0.4) is 0 Å². The standard InChI is InChI=1S/C22H12O/c23-16-10-15-9-8-14-7-6-13-5-4-12-2-1-3-17-18(11-16)20(15)22(14)21(13)19(12)17/h1-11,23H. The lowest BCUT2D eigenvalue weighted by Crippen LogP contribution is -1.89. The zero-order valence-corrected chi connectivity index (χ0v) is 12.3. The van der Waals surface area contributed by atoms with Crippen LogP contribution < -0.4 is 0 Å². The molecule has 6 aromatic rings. The molecule has 0 unspecified atom stereocenters. The second-order valence-corrected chi connectivity index (χ2v) is 6.39. The van der Waals surface area contributed by atoms with Crippen molar-refractivity contribution < 1.29 is 5.11 Å². The van der Waals surface area contributed by atoms with Crippen molar-refractivity contribution in [1.82, 2.24) is 0 Å². The van der Waals surface area contributed by atoms with Gasteiger partial charge in [-0.15, -0.1) is 0 Å². The molecule has 0 heterocycles. The van der Waals surface area contributed by atoms with E-state index in [1.165, 1.54) is 43.1 Å². The minimum Gasteiger partial charge on any atom is -0.508 e. The number of phenolic OH excluding ortho intramolecular Hbond substituents is 1. The topological polar surface area (TPSA) is 20.2 Å². The number of hydrogen-bond acceptors (Lipinski definition) is 1. The van der Waals surface area contributed by atoms with Crippen LogP contribution in [-0.4, -0.2) is 5.11 Å². The van der Waals surface area contributed by atoms with Gasteiger partial charge in [0.1, 0.15) is 5.75 Å². The van der Waals surface area contributed by atoms with Gasteiger partial charge in [0.25, 0.3) is 0 Å². The van der Waals surface area contributed by atoms with Crippen LogP contribution in [-0.2, 0) is 0 Å². The zero-order valence-electron chi connectivity index (χ0n) is 12.3. The van der Waals surface area contributed by atoms with E-state index >= 15 is 0 Å². The Labute approximate surface area is 132 Å². The summed E-state index contributed by atoms with van der Waals surface area (Å²) in [7, 11) is 0. The van der Waals surface area contributed by atoms with Crippen molar-refractivity contribution in [3.63, 3.8) is 0 Å². The SMILES string of the molecule is Oc1cc2ccc3ccc4ccc5cccc6c(c1)c2c3c4c56. The second kappa shape index (κ2) is 3.64. The van der Waals surface area contributed by atoms with Crippen LogP contribution in [0.1, 0.15) is 0 Å². The second-order valence-electron chi connectivity index (χ2n) is 6.39. The van der Waals surface area contributed by atoms with Crippen molar-refractivity contribution in [2.75, 3.05) is 0 Å². The summed E-state index contributed by atoms with van der Waals surface area (Å²) < 4.78 is 0. The van der Waals surface area contributed by atoms with E-state index in [1.54, 1.807) is 0 Å². The Kier molecular flexibility index (Phi) is 1.82. The number of rotatable bonds is 0. The maximum Gasteiger partial charge on any atom is 0.116 e. The van der Waals surface area contributed by atoms with E-state index in [2.05, 4.69) is 54.6 Å². The molecule has 106 valence electrons. The van der Waals surface area contributed by atoms with Crippen molar-refractivity contribution in [3.05, 3.63) is 66.7 Å². The van der Waals surface area contributed by atoms with Gasteiger partial charge in [0, 0.05) is 0 Å². The molecule has 1 heteroatoms. The lowest BCUT2D eigenvalue weighted by Gasteiger charge is -2.17. The van der Waals surface area contributed by atoms with Crippen molar-refractivity contribution in [2.45, 2.75) is 0 Å². The number of phenols is 1. The van der Waals surface area contributed by atoms with E-state index in [1.807, 2.05) is 12.1 Å². The van der Waals surface area contributed by atoms with Gasteiger partial charge in [0.15, 0.2) is 0 Å². The van der Waals surface area contributed by atoms with E-state index < -0.39 is 0 Å². The van der Waals surface area contributed by atoms with Gasteiger partial charge in [0.2, 0.25) is 0 Å². The van der Waals surface area contributed by atoms with Crippen LogP contribution in [0.4, 0.5) is 0 Å². The third-order valence-corrected chi connectivity index (χ3v) is 5.20. The monoisotopic (exact) mass is 292 g/mol. The van der Waals surface area contributed by atoms with Crippen LogP contribution in [0.25, 0.3) is 53.9 Å². The first kappa shape index (κ1) is 11.5. The number of benzene rings is 6. The molecule has 0 aliphatic carbocycles. The van der Waals surface area contributed by atoms with Crippen molar-refractivity contribution >= 4 is 53.9 Å². The molecule has 1 nitrogen and oxygen atoms in total. The highest BCUT2D eigenvalue weighted by molar-refractivity contribution is 6.39. The van der Waals surface area contributed by atoms with Crippen LogP contribution in [0.2, 0.25) is 0 Å². The van der Waals surface area contributed by atoms with Crippen molar-refractivity contribution in [1.29, 1.82) is 0 Å². The maximum absolute atomic E-state index is 10.2. The fourth-order valence-corrected chi connectivity index (χ4v) is 4.29. The van der Waals surface area contributed by atoms with E-state index in [4.69, 9.17) is 0 Å². The first-order valence-electron chi connectivity index (χ1n) is 7.85. The fourth-order valence-electron chi connectivity index (χ4n) is 4.29. The van der Waals surface area contributed by atoms with Gasteiger partial charge < -0.3 is 5.11 Å². The van der Waals surface area contributed by atoms with E-state index in [0.29, 0.717) is 5.75 Å². The average molecular weight is 292 g/mol. The summed E-state index contributed by atoms with van der Waals surface area (Å²) in [5.74, 6) is 0.329. The molecule has 0 saturated heterocycles. The Morgan fingerprint density at radius 2 is 1.04 bits per heavy atom. The molecule has 1 N–H and O–H groups in total. The molecular weight excluding hydrogens is 280 g/mol. The van der Waals surface area contributed by atoms with Crippen LogP contribution >= 0.6 is 0 Å². The third-order valence-electron chi connectivity index (χ3n) is 5.20. The summed E-state index contributed by atoms with van der Waals surface area (Å²) in [5.41, 5.74) is 0. The minimum atomic E-state index is 0.329. The van der Waals surface area contributed by atoms with Gasteiger partial charge in [-0.05, 0) is 66.0 Å². The maximum atomic E-state index is 10.2. The van der Waals surface area contributed by atoms with Crippen LogP contribution in [0.15, 0.2) is 66.7 Å². The summed E-state index contributed by atoms with van der Waals surface area (Å²) in [6.07, 6.45) is 0. The highest BCUT2D eigenvalue weighted by Gasteiger charge is 2.16. The fraction of sp³-hybridized carbons (Fsp3) is 0. The number of fused-ring (bicyclic) bond motifs is 1. The molecule has 6 rings (SSSR count). The Morgan fingerprint density at radius 3 is 1.74 bits per heavy atom. The van der Waals surface area contributed by atoms with Crippen LogP contribution in [0, 0.1) is 0 Å². The van der Waals surface area contributed by atoms with Crippen molar-refractivity contribution in [2.24, 2.45) is 0 Å². The summed E-state index contributed by atoms with van der Waals surface area (Å²) in [6.45, 7) is 0. The molecule has 0 aliphatic heterocycles. The zero-order chi connectivity index (χ0) is 15.1. The summed E-state index contributed by atoms with van der Waals surface area (Å²) in [6, 6.07) is 23.3. The molecule has 0 amide bonds. The molecule has 6 aromatic carbocycles. The summed E-state index contributed by atoms with van der Waals surface area (Å²) >= 11 is 0. The van der Waals surface area contributed by atoms with Gasteiger partial charge in [0.05, 0.1) is 0 Å². The molecule has 23 heavy (non-hydrogen) atoms. The van der Waals surface area contributed by atoms with E-state index in [0.717, 1.165) is 10.8 Å². The summed E-state index contributed by atoms with van der Waals surface area (Å²) in [4.78, 5) is 0. The molecule has 0 radical (unpaired) electrons. The van der Waals surface area contributed by atoms with E-state index in [-0.39, 0.29) is 0 Å². The predicted molar refractivity (Wildman–Crippen MR) is 98.0 cm³/mol. The smallest absolute Gasteiger partial charge is 0.116 e. The average Bonchev–Trinajstić information content (AvgIpc) is 2.59. The van der Waals surface area contributed by atoms with Gasteiger partial charge in [-0.3, -0.25) is 0 Å². The molecule has 0 bridgehead atoms. The third kappa shape index (κ3) is 1.25. The first-order valence-corrected chi connectivity index (χ1v) is 7.85. The molecule has 0 fully saturated rings. The Balaban J connectivity index is 2.18. The highest BCUT2D eigenvalue weighted by atomic mass is 16.3.